The Kier molecular flexibility index (Phi) is 4.86. The Morgan fingerprint density at radius 2 is 1.85 bits per heavy atom. The van der Waals surface area contributed by atoms with Gasteiger partial charge in [-0.05, 0) is 43.1 Å². The molecule has 1 aromatic rings. The number of rotatable bonds is 2. The standard InChI is InChI=1S/C14H17F3N2S/c1-8-4-2-3-5-10(8)18-14(20)19-11-7-6-9(15)12(16)13(11)17/h6-8,10H,2-5H2,1H3,(H2,18,19,20)/t8-,10-/m1/s1. The van der Waals surface area contributed by atoms with E-state index in [2.05, 4.69) is 17.6 Å². The average Bonchev–Trinajstić information content (AvgIpc) is 2.42. The molecule has 0 amide bonds. The first-order chi connectivity index (χ1) is 9.49. The van der Waals surface area contributed by atoms with Gasteiger partial charge in [-0.1, -0.05) is 19.8 Å². The maximum absolute atomic E-state index is 13.5. The highest BCUT2D eigenvalue weighted by molar-refractivity contribution is 7.80. The van der Waals surface area contributed by atoms with Gasteiger partial charge in [0.15, 0.2) is 22.6 Å². The quantitative estimate of drug-likeness (QED) is 0.638. The fourth-order valence-corrected chi connectivity index (χ4v) is 2.74. The van der Waals surface area contributed by atoms with Crippen molar-refractivity contribution in [2.24, 2.45) is 5.92 Å². The fraction of sp³-hybridized carbons (Fsp3) is 0.500. The first kappa shape index (κ1) is 15.1. The van der Waals surface area contributed by atoms with Crippen LogP contribution in [0.25, 0.3) is 0 Å². The van der Waals surface area contributed by atoms with E-state index in [9.17, 15) is 13.2 Å². The summed E-state index contributed by atoms with van der Waals surface area (Å²) in [6, 6.07) is 2.23. The van der Waals surface area contributed by atoms with Crippen LogP contribution in [0.15, 0.2) is 12.1 Å². The van der Waals surface area contributed by atoms with Gasteiger partial charge in [-0.25, -0.2) is 13.2 Å². The monoisotopic (exact) mass is 302 g/mol. The van der Waals surface area contributed by atoms with Gasteiger partial charge in [0.05, 0.1) is 5.69 Å². The summed E-state index contributed by atoms with van der Waals surface area (Å²) in [4.78, 5) is 0. The summed E-state index contributed by atoms with van der Waals surface area (Å²) in [7, 11) is 0. The molecule has 1 aromatic carbocycles. The lowest BCUT2D eigenvalue weighted by atomic mass is 9.86. The summed E-state index contributed by atoms with van der Waals surface area (Å²) in [5.74, 6) is -3.49. The van der Waals surface area contributed by atoms with Gasteiger partial charge < -0.3 is 10.6 Å². The van der Waals surface area contributed by atoms with Gasteiger partial charge in [-0.15, -0.1) is 0 Å². The molecule has 20 heavy (non-hydrogen) atoms. The van der Waals surface area contributed by atoms with Crippen molar-refractivity contribution in [3.63, 3.8) is 0 Å². The number of nitrogens with one attached hydrogen (secondary N) is 2. The second-order valence-electron chi connectivity index (χ2n) is 5.19. The normalized spacial score (nSPS) is 22.4. The highest BCUT2D eigenvalue weighted by Crippen LogP contribution is 2.24. The van der Waals surface area contributed by atoms with Crippen molar-refractivity contribution in [3.05, 3.63) is 29.6 Å². The molecule has 2 nitrogen and oxygen atoms in total. The van der Waals surface area contributed by atoms with E-state index < -0.39 is 17.5 Å². The van der Waals surface area contributed by atoms with Crippen LogP contribution in [0, 0.1) is 23.4 Å². The molecular formula is C14H17F3N2S. The number of hydrogen-bond acceptors (Lipinski definition) is 1. The zero-order chi connectivity index (χ0) is 14.7. The molecule has 2 rings (SSSR count). The third-order valence-electron chi connectivity index (χ3n) is 3.71. The predicted molar refractivity (Wildman–Crippen MR) is 77.1 cm³/mol. The van der Waals surface area contributed by atoms with Crippen molar-refractivity contribution >= 4 is 23.0 Å². The van der Waals surface area contributed by atoms with Gasteiger partial charge in [0, 0.05) is 6.04 Å². The Morgan fingerprint density at radius 1 is 1.15 bits per heavy atom. The molecule has 0 heterocycles. The van der Waals surface area contributed by atoms with Crippen molar-refractivity contribution in [1.82, 2.24) is 5.32 Å². The van der Waals surface area contributed by atoms with Crippen LogP contribution in [0.5, 0.6) is 0 Å². The van der Waals surface area contributed by atoms with E-state index in [-0.39, 0.29) is 16.8 Å². The minimum atomic E-state index is -1.50. The van der Waals surface area contributed by atoms with Gasteiger partial charge >= 0.3 is 0 Å². The lowest BCUT2D eigenvalue weighted by Gasteiger charge is -2.30. The Balaban J connectivity index is 1.99. The van der Waals surface area contributed by atoms with Gasteiger partial charge in [-0.3, -0.25) is 0 Å². The molecular weight excluding hydrogens is 285 g/mol. The highest BCUT2D eigenvalue weighted by atomic mass is 32.1. The first-order valence-electron chi connectivity index (χ1n) is 6.70. The van der Waals surface area contributed by atoms with Crippen molar-refractivity contribution in [3.8, 4) is 0 Å². The molecule has 0 spiro atoms. The summed E-state index contributed by atoms with van der Waals surface area (Å²) in [5.41, 5.74) is -0.162. The number of anilines is 1. The first-order valence-corrected chi connectivity index (χ1v) is 7.11. The molecule has 0 saturated heterocycles. The van der Waals surface area contributed by atoms with Gasteiger partial charge in [-0.2, -0.15) is 0 Å². The number of halogens is 3. The molecule has 2 N–H and O–H groups in total. The predicted octanol–water partition coefficient (Wildman–Crippen LogP) is 3.97. The molecule has 1 aliphatic rings. The summed E-state index contributed by atoms with van der Waals surface area (Å²) in [5, 5.41) is 5.93. The molecule has 0 aromatic heterocycles. The molecule has 0 radical (unpaired) electrons. The average molecular weight is 302 g/mol. The van der Waals surface area contributed by atoms with Crippen molar-refractivity contribution in [1.29, 1.82) is 0 Å². The lowest BCUT2D eigenvalue weighted by Crippen LogP contribution is -2.43. The molecule has 1 saturated carbocycles. The Hall–Kier alpha value is -1.30. The van der Waals surface area contributed by atoms with E-state index in [0.29, 0.717) is 5.92 Å². The minimum Gasteiger partial charge on any atom is -0.359 e. The Bertz CT molecular complexity index is 507. The highest BCUT2D eigenvalue weighted by Gasteiger charge is 2.22. The molecule has 6 heteroatoms. The second-order valence-corrected chi connectivity index (χ2v) is 5.60. The van der Waals surface area contributed by atoms with Crippen LogP contribution in [0.1, 0.15) is 32.6 Å². The third kappa shape index (κ3) is 3.42. The van der Waals surface area contributed by atoms with E-state index in [1.54, 1.807) is 0 Å². The molecule has 0 bridgehead atoms. The van der Waals surface area contributed by atoms with Crippen molar-refractivity contribution in [2.75, 3.05) is 5.32 Å². The van der Waals surface area contributed by atoms with Gasteiger partial charge in [0.1, 0.15) is 0 Å². The summed E-state index contributed by atoms with van der Waals surface area (Å²) < 4.78 is 39.5. The SMILES string of the molecule is C[C@@H]1CCCC[C@H]1NC(=S)Nc1ccc(F)c(F)c1F. The Labute approximate surface area is 121 Å². The maximum Gasteiger partial charge on any atom is 0.196 e. The van der Waals surface area contributed by atoms with Crippen LogP contribution in [-0.2, 0) is 0 Å². The van der Waals surface area contributed by atoms with E-state index in [0.717, 1.165) is 31.4 Å². The van der Waals surface area contributed by atoms with Crippen LogP contribution < -0.4 is 10.6 Å². The topological polar surface area (TPSA) is 24.1 Å². The van der Waals surface area contributed by atoms with Crippen LogP contribution in [0.2, 0.25) is 0 Å². The lowest BCUT2D eigenvalue weighted by molar-refractivity contribution is 0.309. The number of thiocarbonyl (C=S) groups is 1. The molecule has 1 aliphatic carbocycles. The van der Waals surface area contributed by atoms with E-state index in [1.165, 1.54) is 6.42 Å². The molecule has 2 atom stereocenters. The van der Waals surface area contributed by atoms with Gasteiger partial charge in [0.2, 0.25) is 0 Å². The fourth-order valence-electron chi connectivity index (χ4n) is 2.48. The van der Waals surface area contributed by atoms with E-state index in [1.807, 2.05) is 0 Å². The van der Waals surface area contributed by atoms with E-state index >= 15 is 0 Å². The van der Waals surface area contributed by atoms with Crippen LogP contribution in [0.4, 0.5) is 18.9 Å². The Morgan fingerprint density at radius 3 is 2.55 bits per heavy atom. The molecule has 0 aliphatic heterocycles. The number of hydrogen-bond donors (Lipinski definition) is 2. The van der Waals surface area contributed by atoms with Crippen LogP contribution >= 0.6 is 12.2 Å². The maximum atomic E-state index is 13.5. The molecule has 0 unspecified atom stereocenters. The largest absolute Gasteiger partial charge is 0.359 e. The van der Waals surface area contributed by atoms with E-state index in [4.69, 9.17) is 12.2 Å². The molecule has 110 valence electrons. The summed E-state index contributed by atoms with van der Waals surface area (Å²) in [6.07, 6.45) is 4.46. The van der Waals surface area contributed by atoms with Crippen LogP contribution in [-0.4, -0.2) is 11.2 Å². The third-order valence-corrected chi connectivity index (χ3v) is 3.93. The zero-order valence-electron chi connectivity index (χ0n) is 11.2. The zero-order valence-corrected chi connectivity index (χ0v) is 12.0. The number of benzene rings is 1. The second kappa shape index (κ2) is 6.43. The van der Waals surface area contributed by atoms with Crippen molar-refractivity contribution < 1.29 is 13.2 Å². The van der Waals surface area contributed by atoms with Gasteiger partial charge in [0.25, 0.3) is 0 Å². The minimum absolute atomic E-state index is 0.162. The molecule has 1 fully saturated rings. The van der Waals surface area contributed by atoms with Crippen molar-refractivity contribution in [2.45, 2.75) is 38.6 Å². The van der Waals surface area contributed by atoms with Crippen LogP contribution in [0.3, 0.4) is 0 Å². The smallest absolute Gasteiger partial charge is 0.196 e. The summed E-state index contributed by atoms with van der Waals surface area (Å²) >= 11 is 5.10. The summed E-state index contributed by atoms with van der Waals surface area (Å²) in [6.45, 7) is 2.14.